The predicted molar refractivity (Wildman–Crippen MR) is 138 cm³/mol. The van der Waals surface area contributed by atoms with Crippen molar-refractivity contribution in [3.8, 4) is 5.75 Å². The minimum Gasteiger partial charge on any atom is -0.496 e. The normalized spacial score (nSPS) is 19.0. The number of rotatable bonds is 7. The van der Waals surface area contributed by atoms with Gasteiger partial charge in [-0.2, -0.15) is 0 Å². The Morgan fingerprint density at radius 1 is 0.973 bits per heavy atom. The van der Waals surface area contributed by atoms with E-state index in [1.807, 2.05) is 41.3 Å². The van der Waals surface area contributed by atoms with Crippen molar-refractivity contribution >= 4 is 23.6 Å². The van der Waals surface area contributed by atoms with Crippen LogP contribution in [0.4, 0.5) is 10.5 Å². The summed E-state index contributed by atoms with van der Waals surface area (Å²) in [5.74, 6) is 0.0230. The number of cyclic esters (lactones) is 1. The van der Waals surface area contributed by atoms with Crippen LogP contribution in [0.25, 0.3) is 0 Å². The lowest BCUT2D eigenvalue weighted by Gasteiger charge is -2.28. The molecule has 2 aliphatic heterocycles. The van der Waals surface area contributed by atoms with Crippen molar-refractivity contribution < 1.29 is 23.9 Å². The van der Waals surface area contributed by atoms with Crippen molar-refractivity contribution in [3.63, 3.8) is 0 Å². The first-order valence-corrected chi connectivity index (χ1v) is 12.4. The van der Waals surface area contributed by atoms with Gasteiger partial charge in [0.1, 0.15) is 5.75 Å². The average molecular weight is 500 g/mol. The molecule has 5 rings (SSSR count). The molecule has 190 valence electrons. The van der Waals surface area contributed by atoms with E-state index in [1.165, 1.54) is 12.0 Å². The van der Waals surface area contributed by atoms with Crippen LogP contribution in [0.5, 0.6) is 5.75 Å². The number of ether oxygens (including phenoxy) is 2. The van der Waals surface area contributed by atoms with Crippen molar-refractivity contribution in [2.45, 2.75) is 31.5 Å². The number of para-hydroxylation sites is 1. The zero-order chi connectivity index (χ0) is 25.8. The highest BCUT2D eigenvalue weighted by atomic mass is 16.6. The average Bonchev–Trinajstić information content (AvgIpc) is 3.58. The van der Waals surface area contributed by atoms with E-state index in [0.717, 1.165) is 18.4 Å². The number of nitrogens with one attached hydrogen (secondary N) is 1. The van der Waals surface area contributed by atoms with E-state index < -0.39 is 18.2 Å². The highest BCUT2D eigenvalue weighted by molar-refractivity contribution is 6.06. The highest BCUT2D eigenvalue weighted by Crippen LogP contribution is 2.36. The molecule has 0 radical (unpaired) electrons. The van der Waals surface area contributed by atoms with Crippen LogP contribution >= 0.6 is 0 Å². The minimum absolute atomic E-state index is 0.118. The molecule has 0 aromatic heterocycles. The van der Waals surface area contributed by atoms with Crippen LogP contribution in [0, 0.1) is 0 Å². The van der Waals surface area contributed by atoms with Gasteiger partial charge in [0.15, 0.2) is 12.1 Å². The Kier molecular flexibility index (Phi) is 7.07. The quantitative estimate of drug-likeness (QED) is 0.512. The molecule has 3 aromatic rings. The van der Waals surface area contributed by atoms with E-state index in [4.69, 9.17) is 9.47 Å². The summed E-state index contributed by atoms with van der Waals surface area (Å²) in [6.07, 6.45) is 0.560. The van der Waals surface area contributed by atoms with E-state index in [0.29, 0.717) is 35.7 Å². The van der Waals surface area contributed by atoms with Crippen molar-refractivity contribution in [2.24, 2.45) is 0 Å². The second kappa shape index (κ2) is 10.7. The number of hydrogen-bond donors (Lipinski definition) is 1. The van der Waals surface area contributed by atoms with Crippen molar-refractivity contribution in [1.29, 1.82) is 0 Å². The first-order chi connectivity index (χ1) is 18.0. The molecule has 0 spiro atoms. The predicted octanol–water partition coefficient (Wildman–Crippen LogP) is 4.63. The maximum Gasteiger partial charge on any atom is 0.411 e. The summed E-state index contributed by atoms with van der Waals surface area (Å²) in [6.45, 7) is 1.61. The van der Waals surface area contributed by atoms with Crippen LogP contribution in [0.3, 0.4) is 0 Å². The molecule has 0 aliphatic carbocycles. The molecular weight excluding hydrogens is 470 g/mol. The molecule has 3 aromatic carbocycles. The van der Waals surface area contributed by atoms with Crippen LogP contribution in [0.2, 0.25) is 0 Å². The Bertz CT molecular complexity index is 1290. The Morgan fingerprint density at radius 2 is 1.70 bits per heavy atom. The molecule has 2 fully saturated rings. The Balaban J connectivity index is 1.43. The second-order valence-electron chi connectivity index (χ2n) is 9.17. The molecule has 0 bridgehead atoms. The summed E-state index contributed by atoms with van der Waals surface area (Å²) in [7, 11) is 1.51. The molecule has 1 N–H and O–H groups in total. The number of likely N-dealkylation sites (tertiary alicyclic amines) is 1. The lowest BCUT2D eigenvalue weighted by atomic mass is 9.99. The lowest BCUT2D eigenvalue weighted by molar-refractivity contribution is -0.135. The van der Waals surface area contributed by atoms with Crippen molar-refractivity contribution in [3.05, 3.63) is 95.6 Å². The first kappa shape index (κ1) is 24.4. The third-order valence-corrected chi connectivity index (χ3v) is 6.78. The summed E-state index contributed by atoms with van der Waals surface area (Å²) in [5, 5.41) is 2.89. The zero-order valence-corrected chi connectivity index (χ0v) is 20.6. The van der Waals surface area contributed by atoms with E-state index in [1.54, 1.807) is 42.5 Å². The van der Waals surface area contributed by atoms with Crippen LogP contribution in [0.1, 0.15) is 40.4 Å². The zero-order valence-electron chi connectivity index (χ0n) is 20.6. The fourth-order valence-electron chi connectivity index (χ4n) is 4.92. The second-order valence-corrected chi connectivity index (χ2v) is 9.17. The van der Waals surface area contributed by atoms with Crippen LogP contribution in [-0.2, 0) is 16.1 Å². The van der Waals surface area contributed by atoms with Gasteiger partial charge in [0.25, 0.3) is 5.91 Å². The Hall–Kier alpha value is -4.33. The fourth-order valence-corrected chi connectivity index (χ4v) is 4.92. The first-order valence-electron chi connectivity index (χ1n) is 12.4. The van der Waals surface area contributed by atoms with Crippen molar-refractivity contribution in [2.75, 3.05) is 25.5 Å². The minimum atomic E-state index is -0.800. The molecule has 8 nitrogen and oxygen atoms in total. The van der Waals surface area contributed by atoms with Gasteiger partial charge in [0, 0.05) is 18.8 Å². The molecular formula is C29H29N3O5. The molecule has 0 saturated carbocycles. The number of hydrogen-bond acceptors (Lipinski definition) is 5. The summed E-state index contributed by atoms with van der Waals surface area (Å²) in [4.78, 5) is 43.0. The van der Waals surface area contributed by atoms with E-state index in [9.17, 15) is 14.4 Å². The van der Waals surface area contributed by atoms with Gasteiger partial charge in [-0.3, -0.25) is 14.5 Å². The molecule has 2 saturated heterocycles. The summed E-state index contributed by atoms with van der Waals surface area (Å²) < 4.78 is 11.1. The molecule has 3 amide bonds. The van der Waals surface area contributed by atoms with Gasteiger partial charge in [-0.25, -0.2) is 4.79 Å². The molecule has 2 atom stereocenters. The van der Waals surface area contributed by atoms with Gasteiger partial charge >= 0.3 is 6.09 Å². The summed E-state index contributed by atoms with van der Waals surface area (Å²) in [6, 6.07) is 22.8. The SMILES string of the molecule is COc1ccccc1C(=O)Nc1cccc(C2OC(=O)N(Cc3ccccc3)C2C(=O)N2CCCC2)c1. The topological polar surface area (TPSA) is 88.2 Å². The number of anilines is 1. The van der Waals surface area contributed by atoms with Gasteiger partial charge in [0.2, 0.25) is 5.91 Å². The highest BCUT2D eigenvalue weighted by Gasteiger charge is 2.48. The molecule has 2 heterocycles. The van der Waals surface area contributed by atoms with Gasteiger partial charge in [-0.1, -0.05) is 54.6 Å². The van der Waals surface area contributed by atoms with Gasteiger partial charge in [-0.05, 0) is 48.2 Å². The van der Waals surface area contributed by atoms with E-state index in [-0.39, 0.29) is 18.4 Å². The number of amides is 3. The van der Waals surface area contributed by atoms with Crippen molar-refractivity contribution in [1.82, 2.24) is 9.80 Å². The number of methoxy groups -OCH3 is 1. The Labute approximate surface area is 215 Å². The molecule has 2 unspecified atom stereocenters. The Morgan fingerprint density at radius 3 is 2.46 bits per heavy atom. The number of carbonyl (C=O) groups excluding carboxylic acids is 3. The van der Waals surface area contributed by atoms with E-state index >= 15 is 0 Å². The lowest BCUT2D eigenvalue weighted by Crippen LogP contribution is -2.47. The molecule has 37 heavy (non-hydrogen) atoms. The van der Waals surface area contributed by atoms with E-state index in [2.05, 4.69) is 5.32 Å². The van der Waals surface area contributed by atoms with Crippen LogP contribution in [-0.4, -0.2) is 53.9 Å². The molecule has 8 heteroatoms. The van der Waals surface area contributed by atoms with Gasteiger partial charge in [-0.15, -0.1) is 0 Å². The maximum atomic E-state index is 13.7. The standard InChI is InChI=1S/C29H29N3O5/c1-36-24-15-6-5-14-23(24)27(33)30-22-13-9-12-21(18-22)26-25(28(34)31-16-7-8-17-31)32(29(35)37-26)19-20-10-3-2-4-11-20/h2-6,9-15,18,25-26H,7-8,16-17,19H2,1H3,(H,30,33). The number of carbonyl (C=O) groups is 3. The van der Waals surface area contributed by atoms with Gasteiger partial charge < -0.3 is 19.7 Å². The fraction of sp³-hybridized carbons (Fsp3) is 0.276. The monoisotopic (exact) mass is 499 g/mol. The summed E-state index contributed by atoms with van der Waals surface area (Å²) >= 11 is 0. The third-order valence-electron chi connectivity index (χ3n) is 6.78. The van der Waals surface area contributed by atoms with Crippen LogP contribution in [0.15, 0.2) is 78.9 Å². The summed E-state index contributed by atoms with van der Waals surface area (Å²) in [5.41, 5.74) is 2.48. The smallest absolute Gasteiger partial charge is 0.411 e. The van der Waals surface area contributed by atoms with Crippen LogP contribution < -0.4 is 10.1 Å². The van der Waals surface area contributed by atoms with Gasteiger partial charge in [0.05, 0.1) is 19.2 Å². The maximum absolute atomic E-state index is 13.7. The number of benzene rings is 3. The third kappa shape index (κ3) is 5.14. The number of nitrogens with zero attached hydrogens (tertiary/aromatic N) is 2. The molecule has 2 aliphatic rings. The largest absolute Gasteiger partial charge is 0.496 e.